The van der Waals surface area contributed by atoms with Gasteiger partial charge in [0.15, 0.2) is 5.78 Å². The number of Topliss-reactive ketones (excluding diaryl/α,β-unsaturated/α-hetero) is 1. The molecule has 1 aromatic heterocycles. The van der Waals surface area contributed by atoms with E-state index in [0.717, 1.165) is 28.3 Å². The van der Waals surface area contributed by atoms with Gasteiger partial charge in [-0.15, -0.1) is 0 Å². The molecule has 3 rings (SSSR count). The summed E-state index contributed by atoms with van der Waals surface area (Å²) in [5, 5.41) is 5.43. The molecule has 0 saturated heterocycles. The van der Waals surface area contributed by atoms with Crippen LogP contribution in [-0.4, -0.2) is 28.3 Å². The fourth-order valence-corrected chi connectivity index (χ4v) is 2.92. The van der Waals surface area contributed by atoms with Crippen molar-refractivity contribution in [2.45, 2.75) is 39.5 Å². The number of methoxy groups -OCH3 is 1. The number of carbonyl (C=O) groups excluding carboxylic acids is 1. The average molecular weight is 413 g/mol. The van der Waals surface area contributed by atoms with E-state index in [1.807, 2.05) is 59.3 Å². The molecule has 0 aliphatic heterocycles. The molecule has 152 valence electrons. The first kappa shape index (κ1) is 21.1. The summed E-state index contributed by atoms with van der Waals surface area (Å²) in [5.74, 6) is 0.753. The highest BCUT2D eigenvalue weighted by atomic mass is 35.5. The molecule has 0 fully saturated rings. The van der Waals surface area contributed by atoms with Crippen LogP contribution in [0.15, 0.2) is 54.6 Å². The van der Waals surface area contributed by atoms with Gasteiger partial charge < -0.3 is 9.47 Å². The van der Waals surface area contributed by atoms with Crippen LogP contribution < -0.4 is 4.74 Å². The Bertz CT molecular complexity index is 994. The maximum Gasteiger partial charge on any atom is 0.161 e. The van der Waals surface area contributed by atoms with Crippen LogP contribution in [-0.2, 0) is 22.7 Å². The fourth-order valence-electron chi connectivity index (χ4n) is 2.79. The van der Waals surface area contributed by atoms with Gasteiger partial charge in [-0.3, -0.25) is 9.48 Å². The highest BCUT2D eigenvalue weighted by molar-refractivity contribution is 6.30. The Hall–Kier alpha value is -2.63. The maximum atomic E-state index is 11.7. The molecular weight excluding hydrogens is 388 g/mol. The van der Waals surface area contributed by atoms with Crippen LogP contribution in [0.25, 0.3) is 11.3 Å². The molecule has 1 heterocycles. The number of rotatable bonds is 8. The van der Waals surface area contributed by atoms with Gasteiger partial charge in [0.05, 0.1) is 31.6 Å². The van der Waals surface area contributed by atoms with Crippen molar-refractivity contribution < 1.29 is 14.3 Å². The second-order valence-electron chi connectivity index (χ2n) is 7.39. The molecule has 0 unspecified atom stereocenters. The predicted octanol–water partition coefficient (Wildman–Crippen LogP) is 5.14. The first-order valence-electron chi connectivity index (χ1n) is 9.39. The van der Waals surface area contributed by atoms with Crippen LogP contribution in [0, 0.1) is 0 Å². The zero-order valence-corrected chi connectivity index (χ0v) is 17.9. The second-order valence-corrected chi connectivity index (χ2v) is 7.83. The van der Waals surface area contributed by atoms with E-state index < -0.39 is 5.60 Å². The van der Waals surface area contributed by atoms with Crippen LogP contribution in [0.3, 0.4) is 0 Å². The van der Waals surface area contributed by atoms with E-state index in [1.165, 1.54) is 6.92 Å². The van der Waals surface area contributed by atoms with Crippen molar-refractivity contribution in [2.24, 2.45) is 0 Å². The molecule has 29 heavy (non-hydrogen) atoms. The Morgan fingerprint density at radius 3 is 2.52 bits per heavy atom. The molecule has 0 radical (unpaired) electrons. The van der Waals surface area contributed by atoms with Gasteiger partial charge in [0, 0.05) is 10.6 Å². The highest BCUT2D eigenvalue weighted by Crippen LogP contribution is 2.26. The predicted molar refractivity (Wildman–Crippen MR) is 114 cm³/mol. The standard InChI is InChI=1S/C23H25ClN2O3/c1-16(27)23(2,3)29-15-20-13-22(18-6-5-7-21(12-18)28-4)26(25-20)14-17-8-10-19(24)11-9-17/h5-13H,14-15H2,1-4H3. The molecule has 0 N–H and O–H groups in total. The van der Waals surface area contributed by atoms with Crippen LogP contribution in [0.5, 0.6) is 5.75 Å². The number of ether oxygens (including phenoxy) is 2. The molecule has 0 aliphatic rings. The lowest BCUT2D eigenvalue weighted by atomic mass is 10.1. The van der Waals surface area contributed by atoms with Crippen molar-refractivity contribution in [1.82, 2.24) is 9.78 Å². The largest absolute Gasteiger partial charge is 0.497 e. The number of hydrogen-bond acceptors (Lipinski definition) is 4. The van der Waals surface area contributed by atoms with Gasteiger partial charge in [0.1, 0.15) is 11.4 Å². The van der Waals surface area contributed by atoms with Crippen LogP contribution in [0.4, 0.5) is 0 Å². The Morgan fingerprint density at radius 1 is 1.14 bits per heavy atom. The number of benzene rings is 2. The molecule has 5 nitrogen and oxygen atoms in total. The minimum atomic E-state index is -0.851. The Kier molecular flexibility index (Phi) is 6.40. The Labute approximate surface area is 176 Å². The van der Waals surface area contributed by atoms with E-state index in [1.54, 1.807) is 21.0 Å². The summed E-state index contributed by atoms with van der Waals surface area (Å²) in [4.78, 5) is 11.7. The minimum absolute atomic E-state index is 0.0221. The van der Waals surface area contributed by atoms with E-state index in [-0.39, 0.29) is 12.4 Å². The molecule has 3 aromatic rings. The highest BCUT2D eigenvalue weighted by Gasteiger charge is 2.25. The van der Waals surface area contributed by atoms with Gasteiger partial charge in [-0.05, 0) is 56.7 Å². The smallest absolute Gasteiger partial charge is 0.161 e. The van der Waals surface area contributed by atoms with Crippen molar-refractivity contribution in [2.75, 3.05) is 7.11 Å². The number of nitrogens with zero attached hydrogens (tertiary/aromatic N) is 2. The quantitative estimate of drug-likeness (QED) is 0.513. The maximum absolute atomic E-state index is 11.7. The normalized spacial score (nSPS) is 11.5. The van der Waals surface area contributed by atoms with Crippen LogP contribution >= 0.6 is 11.6 Å². The third kappa shape index (κ3) is 5.25. The van der Waals surface area contributed by atoms with Crippen LogP contribution in [0.1, 0.15) is 32.0 Å². The third-order valence-corrected chi connectivity index (χ3v) is 5.12. The lowest BCUT2D eigenvalue weighted by Crippen LogP contribution is -2.32. The van der Waals surface area contributed by atoms with Gasteiger partial charge in [-0.1, -0.05) is 35.9 Å². The molecule has 0 aliphatic carbocycles. The summed E-state index contributed by atoms with van der Waals surface area (Å²) in [6.07, 6.45) is 0. The molecule has 6 heteroatoms. The molecule has 2 aromatic carbocycles. The van der Waals surface area contributed by atoms with Crippen molar-refractivity contribution >= 4 is 17.4 Å². The van der Waals surface area contributed by atoms with Gasteiger partial charge >= 0.3 is 0 Å². The first-order valence-corrected chi connectivity index (χ1v) is 9.77. The second kappa shape index (κ2) is 8.80. The zero-order chi connectivity index (χ0) is 21.0. The number of aromatic nitrogens is 2. The number of carbonyl (C=O) groups is 1. The van der Waals surface area contributed by atoms with Gasteiger partial charge in [-0.2, -0.15) is 5.10 Å². The Morgan fingerprint density at radius 2 is 1.86 bits per heavy atom. The van der Waals surface area contributed by atoms with E-state index >= 15 is 0 Å². The summed E-state index contributed by atoms with van der Waals surface area (Å²) in [6, 6.07) is 17.5. The average Bonchev–Trinajstić information content (AvgIpc) is 3.11. The van der Waals surface area contributed by atoms with Gasteiger partial charge in [0.25, 0.3) is 0 Å². The van der Waals surface area contributed by atoms with Gasteiger partial charge in [-0.25, -0.2) is 0 Å². The molecule has 0 amide bonds. The van der Waals surface area contributed by atoms with Crippen molar-refractivity contribution in [3.8, 4) is 17.0 Å². The Balaban J connectivity index is 1.94. The SMILES string of the molecule is COc1cccc(-c2cc(COC(C)(C)C(C)=O)nn2Cc2ccc(Cl)cc2)c1. The van der Waals surface area contributed by atoms with Crippen molar-refractivity contribution in [3.05, 3.63) is 70.9 Å². The van der Waals surface area contributed by atoms with Crippen molar-refractivity contribution in [3.63, 3.8) is 0 Å². The summed E-state index contributed by atoms with van der Waals surface area (Å²) in [6.45, 7) is 5.89. The number of halogens is 1. The van der Waals surface area contributed by atoms with Crippen LogP contribution in [0.2, 0.25) is 5.02 Å². The monoisotopic (exact) mass is 412 g/mol. The summed E-state index contributed by atoms with van der Waals surface area (Å²) in [7, 11) is 1.65. The first-order chi connectivity index (χ1) is 13.8. The summed E-state index contributed by atoms with van der Waals surface area (Å²) < 4.78 is 13.1. The summed E-state index contributed by atoms with van der Waals surface area (Å²) in [5.41, 5.74) is 2.92. The zero-order valence-electron chi connectivity index (χ0n) is 17.1. The third-order valence-electron chi connectivity index (χ3n) is 4.87. The molecule has 0 spiro atoms. The van der Waals surface area contributed by atoms with Gasteiger partial charge in [0.2, 0.25) is 0 Å². The topological polar surface area (TPSA) is 53.4 Å². The lowest BCUT2D eigenvalue weighted by Gasteiger charge is -2.21. The number of hydrogen-bond donors (Lipinski definition) is 0. The van der Waals surface area contributed by atoms with Crippen molar-refractivity contribution in [1.29, 1.82) is 0 Å². The van der Waals surface area contributed by atoms with E-state index in [9.17, 15) is 4.79 Å². The fraction of sp³-hybridized carbons (Fsp3) is 0.304. The molecular formula is C23H25ClN2O3. The summed E-state index contributed by atoms with van der Waals surface area (Å²) >= 11 is 6.01. The number of ketones is 1. The van der Waals surface area contributed by atoms with E-state index in [0.29, 0.717) is 11.6 Å². The molecule has 0 atom stereocenters. The minimum Gasteiger partial charge on any atom is -0.497 e. The molecule has 0 bridgehead atoms. The van der Waals surface area contributed by atoms with E-state index in [2.05, 4.69) is 0 Å². The van der Waals surface area contributed by atoms with E-state index in [4.69, 9.17) is 26.2 Å². The lowest BCUT2D eigenvalue weighted by molar-refractivity contribution is -0.139. The molecule has 0 saturated carbocycles.